The molecule has 35 heavy (non-hydrogen) atoms. The highest BCUT2D eigenvalue weighted by Crippen LogP contribution is 2.31. The molecule has 1 heterocycles. The zero-order valence-corrected chi connectivity index (χ0v) is 21.7. The zero-order valence-electron chi connectivity index (χ0n) is 19.3. The summed E-state index contributed by atoms with van der Waals surface area (Å²) in [7, 11) is 0. The zero-order chi connectivity index (χ0) is 24.8. The molecule has 0 radical (unpaired) electrons. The van der Waals surface area contributed by atoms with Crippen LogP contribution in [-0.4, -0.2) is 22.6 Å². The minimum absolute atomic E-state index is 0.115. The molecular formula is C27H24ClN3O2S2. The fourth-order valence-corrected chi connectivity index (χ4v) is 5.12. The molecule has 0 aliphatic carbocycles. The molecule has 4 aromatic rings. The number of carbonyl (C=O) groups is 2. The standard InChI is InChI=1S/C27H24ClN3O2S2/c1-17-6-10-20(11-7-17)26-18(2)35-27(31-26)30-25(33)16-34-23-5-3-4-22(15-23)29-24(32)14-19-8-12-21(28)13-9-19/h3-13,15H,14,16H2,1-2H3,(H,29,32)(H,30,31,33). The number of carbonyl (C=O) groups excluding carboxylic acids is 2. The Morgan fingerprint density at radius 3 is 2.43 bits per heavy atom. The lowest BCUT2D eigenvalue weighted by atomic mass is 10.1. The molecule has 8 heteroatoms. The Bertz CT molecular complexity index is 1340. The number of aryl methyl sites for hydroxylation is 2. The second-order valence-corrected chi connectivity index (χ2v) is 10.7. The molecule has 2 N–H and O–H groups in total. The van der Waals surface area contributed by atoms with Gasteiger partial charge in [-0.05, 0) is 49.7 Å². The first-order chi connectivity index (χ1) is 16.9. The van der Waals surface area contributed by atoms with Gasteiger partial charge in [0.05, 0.1) is 17.9 Å². The number of hydrogen-bond donors (Lipinski definition) is 2. The summed E-state index contributed by atoms with van der Waals surface area (Å²) in [5, 5.41) is 7.04. The molecule has 3 aromatic carbocycles. The van der Waals surface area contributed by atoms with Crippen LogP contribution in [0.2, 0.25) is 5.02 Å². The summed E-state index contributed by atoms with van der Waals surface area (Å²) in [5.41, 5.74) is 4.69. The van der Waals surface area contributed by atoms with E-state index in [1.165, 1.54) is 28.7 Å². The van der Waals surface area contributed by atoms with Crippen LogP contribution < -0.4 is 10.6 Å². The fourth-order valence-electron chi connectivity index (χ4n) is 3.39. The molecule has 5 nitrogen and oxygen atoms in total. The lowest BCUT2D eigenvalue weighted by Crippen LogP contribution is -2.15. The van der Waals surface area contributed by atoms with Crippen molar-refractivity contribution in [2.45, 2.75) is 25.2 Å². The molecule has 178 valence electrons. The number of halogens is 1. The molecule has 1 aromatic heterocycles. The van der Waals surface area contributed by atoms with Gasteiger partial charge >= 0.3 is 0 Å². The van der Waals surface area contributed by atoms with Crippen LogP contribution >= 0.6 is 34.7 Å². The van der Waals surface area contributed by atoms with Gasteiger partial charge in [-0.15, -0.1) is 23.1 Å². The molecule has 0 saturated heterocycles. The summed E-state index contributed by atoms with van der Waals surface area (Å²) in [6.45, 7) is 4.05. The van der Waals surface area contributed by atoms with Crippen molar-refractivity contribution in [2.24, 2.45) is 0 Å². The van der Waals surface area contributed by atoms with Gasteiger partial charge in [-0.3, -0.25) is 9.59 Å². The summed E-state index contributed by atoms with van der Waals surface area (Å²) in [4.78, 5) is 31.5. The lowest BCUT2D eigenvalue weighted by molar-refractivity contribution is -0.115. The number of hydrogen-bond acceptors (Lipinski definition) is 5. The normalized spacial score (nSPS) is 10.7. The van der Waals surface area contributed by atoms with E-state index >= 15 is 0 Å². The fraction of sp³-hybridized carbons (Fsp3) is 0.148. The van der Waals surface area contributed by atoms with E-state index < -0.39 is 0 Å². The number of thiazole rings is 1. The van der Waals surface area contributed by atoms with E-state index in [4.69, 9.17) is 11.6 Å². The smallest absolute Gasteiger partial charge is 0.236 e. The number of anilines is 2. The first-order valence-corrected chi connectivity index (χ1v) is 13.2. The van der Waals surface area contributed by atoms with Gasteiger partial charge in [-0.25, -0.2) is 4.98 Å². The Hall–Kier alpha value is -3.13. The Kier molecular flexibility index (Phi) is 8.23. The Morgan fingerprint density at radius 1 is 0.943 bits per heavy atom. The van der Waals surface area contributed by atoms with Crippen LogP contribution in [0.1, 0.15) is 16.0 Å². The van der Waals surface area contributed by atoms with Gasteiger partial charge in [0.25, 0.3) is 0 Å². The van der Waals surface area contributed by atoms with Crippen LogP contribution in [0.4, 0.5) is 10.8 Å². The van der Waals surface area contributed by atoms with E-state index in [-0.39, 0.29) is 24.0 Å². The highest BCUT2D eigenvalue weighted by Gasteiger charge is 2.13. The van der Waals surface area contributed by atoms with Crippen molar-refractivity contribution in [3.05, 3.63) is 93.8 Å². The number of nitrogens with zero attached hydrogens (tertiary/aromatic N) is 1. The predicted molar refractivity (Wildman–Crippen MR) is 147 cm³/mol. The van der Waals surface area contributed by atoms with Gasteiger partial charge in [0.2, 0.25) is 11.8 Å². The third-order valence-corrected chi connectivity index (χ3v) is 7.27. The van der Waals surface area contributed by atoms with Gasteiger partial charge in [0.15, 0.2) is 5.13 Å². The van der Waals surface area contributed by atoms with Crippen molar-refractivity contribution in [3.8, 4) is 11.3 Å². The minimum atomic E-state index is -0.128. The van der Waals surface area contributed by atoms with Gasteiger partial charge in [-0.1, -0.05) is 59.6 Å². The molecule has 0 spiro atoms. The lowest BCUT2D eigenvalue weighted by Gasteiger charge is -2.08. The highest BCUT2D eigenvalue weighted by molar-refractivity contribution is 8.00. The number of rotatable bonds is 8. The third-order valence-electron chi connectivity index (χ3n) is 5.13. The van der Waals surface area contributed by atoms with Gasteiger partial charge in [0.1, 0.15) is 0 Å². The predicted octanol–water partition coefficient (Wildman–Crippen LogP) is 6.99. The Labute approximate surface area is 218 Å². The summed E-state index contributed by atoms with van der Waals surface area (Å²) < 4.78 is 0. The third kappa shape index (κ3) is 7.18. The van der Waals surface area contributed by atoms with Crippen molar-refractivity contribution in [1.29, 1.82) is 0 Å². The maximum Gasteiger partial charge on any atom is 0.236 e. The SMILES string of the molecule is Cc1ccc(-c2nc(NC(=O)CSc3cccc(NC(=O)Cc4ccc(Cl)cc4)c3)sc2C)cc1. The van der Waals surface area contributed by atoms with Gasteiger partial charge < -0.3 is 10.6 Å². The average Bonchev–Trinajstić information content (AvgIpc) is 3.19. The summed E-state index contributed by atoms with van der Waals surface area (Å²) in [5.74, 6) is -0.00664. The van der Waals surface area contributed by atoms with Crippen LogP contribution in [0.15, 0.2) is 77.7 Å². The van der Waals surface area contributed by atoms with E-state index in [0.29, 0.717) is 15.8 Å². The maximum atomic E-state index is 12.5. The molecule has 0 aliphatic rings. The summed E-state index contributed by atoms with van der Waals surface area (Å²) in [6, 6.07) is 22.9. The molecule has 0 unspecified atom stereocenters. The molecular weight excluding hydrogens is 498 g/mol. The van der Waals surface area contributed by atoms with E-state index in [1.54, 1.807) is 12.1 Å². The average molecular weight is 522 g/mol. The number of nitrogens with one attached hydrogen (secondary N) is 2. The molecule has 0 bridgehead atoms. The van der Waals surface area contributed by atoms with E-state index in [9.17, 15) is 9.59 Å². The van der Waals surface area contributed by atoms with E-state index in [0.717, 1.165) is 26.6 Å². The second-order valence-electron chi connectivity index (χ2n) is 8.01. The van der Waals surface area contributed by atoms with Crippen LogP contribution in [0.3, 0.4) is 0 Å². The molecule has 0 aliphatic heterocycles. The number of benzene rings is 3. The van der Waals surface area contributed by atoms with E-state index in [2.05, 4.69) is 27.8 Å². The second kappa shape index (κ2) is 11.5. The molecule has 0 atom stereocenters. The van der Waals surface area contributed by atoms with Crippen molar-refractivity contribution in [2.75, 3.05) is 16.4 Å². The first-order valence-electron chi connectivity index (χ1n) is 11.0. The molecule has 0 saturated carbocycles. The van der Waals surface area contributed by atoms with Crippen molar-refractivity contribution < 1.29 is 9.59 Å². The number of amides is 2. The molecule has 4 rings (SSSR count). The van der Waals surface area contributed by atoms with Crippen LogP contribution in [-0.2, 0) is 16.0 Å². The van der Waals surface area contributed by atoms with E-state index in [1.807, 2.05) is 62.4 Å². The maximum absolute atomic E-state index is 12.5. The van der Waals surface area contributed by atoms with Crippen molar-refractivity contribution in [3.63, 3.8) is 0 Å². The van der Waals surface area contributed by atoms with Gasteiger partial charge in [-0.2, -0.15) is 0 Å². The molecule has 0 fully saturated rings. The van der Waals surface area contributed by atoms with Gasteiger partial charge in [0, 0.05) is 26.0 Å². The molecule has 2 amide bonds. The summed E-state index contributed by atoms with van der Waals surface area (Å²) >= 11 is 8.77. The number of aromatic nitrogens is 1. The first kappa shape index (κ1) is 25.0. The Balaban J connectivity index is 1.30. The Morgan fingerprint density at radius 2 is 1.69 bits per heavy atom. The quantitative estimate of drug-likeness (QED) is 0.245. The highest BCUT2D eigenvalue weighted by atomic mass is 35.5. The van der Waals surface area contributed by atoms with Crippen LogP contribution in [0.5, 0.6) is 0 Å². The van der Waals surface area contributed by atoms with Crippen molar-refractivity contribution in [1.82, 2.24) is 4.98 Å². The number of thioether (sulfide) groups is 1. The largest absolute Gasteiger partial charge is 0.326 e. The monoisotopic (exact) mass is 521 g/mol. The van der Waals surface area contributed by atoms with Crippen molar-refractivity contribution >= 4 is 57.3 Å². The summed E-state index contributed by atoms with van der Waals surface area (Å²) in [6.07, 6.45) is 0.259. The van der Waals surface area contributed by atoms with Crippen LogP contribution in [0.25, 0.3) is 11.3 Å². The topological polar surface area (TPSA) is 71.1 Å². The van der Waals surface area contributed by atoms with Crippen LogP contribution in [0, 0.1) is 13.8 Å². The minimum Gasteiger partial charge on any atom is -0.326 e.